The summed E-state index contributed by atoms with van der Waals surface area (Å²) in [5.74, 6) is 0.859. The number of methoxy groups -OCH3 is 1. The highest BCUT2D eigenvalue weighted by Crippen LogP contribution is 2.31. The van der Waals surface area contributed by atoms with Gasteiger partial charge in [0.1, 0.15) is 6.04 Å². The average molecular weight is 362 g/mol. The summed E-state index contributed by atoms with van der Waals surface area (Å²) < 4.78 is 7.24. The van der Waals surface area contributed by atoms with Crippen LogP contribution in [0.15, 0.2) is 24.5 Å². The largest absolute Gasteiger partial charge is 0.385 e. The Kier molecular flexibility index (Phi) is 7.15. The molecule has 0 spiro atoms. The number of rotatable bonds is 8. The second-order valence-electron chi connectivity index (χ2n) is 7.94. The maximum absolute atomic E-state index is 13.2. The van der Waals surface area contributed by atoms with Gasteiger partial charge in [0.2, 0.25) is 5.91 Å². The Labute approximate surface area is 158 Å². The van der Waals surface area contributed by atoms with Crippen LogP contribution in [0.1, 0.15) is 51.5 Å². The van der Waals surface area contributed by atoms with Gasteiger partial charge in [-0.3, -0.25) is 4.79 Å². The van der Waals surface area contributed by atoms with Gasteiger partial charge in [-0.2, -0.15) is 0 Å². The first-order valence-electron chi connectivity index (χ1n) is 10.3. The molecule has 1 aromatic heterocycles. The summed E-state index contributed by atoms with van der Waals surface area (Å²) in [5.41, 5.74) is 0. The number of piperidine rings is 2. The quantitative estimate of drug-likeness (QED) is 0.668. The Morgan fingerprint density at radius 2 is 1.96 bits per heavy atom. The molecule has 2 aliphatic rings. The SMILES string of the molecule is COCCCN(CC1CCCN2CCCCC12)C(=O)C(C)n1cccc1. The van der Waals surface area contributed by atoms with Crippen molar-refractivity contribution in [2.45, 2.75) is 57.5 Å². The van der Waals surface area contributed by atoms with Crippen molar-refractivity contribution >= 4 is 5.91 Å². The summed E-state index contributed by atoms with van der Waals surface area (Å²) in [7, 11) is 1.73. The second-order valence-corrected chi connectivity index (χ2v) is 7.94. The van der Waals surface area contributed by atoms with Crippen LogP contribution in [0.25, 0.3) is 0 Å². The molecular weight excluding hydrogens is 326 g/mol. The van der Waals surface area contributed by atoms with Gasteiger partial charge in [-0.1, -0.05) is 6.42 Å². The number of carbonyl (C=O) groups is 1. The van der Waals surface area contributed by atoms with Crippen LogP contribution in [-0.4, -0.2) is 66.2 Å². The Balaban J connectivity index is 1.67. The van der Waals surface area contributed by atoms with Crippen LogP contribution in [-0.2, 0) is 9.53 Å². The van der Waals surface area contributed by atoms with E-state index in [0.29, 0.717) is 18.6 Å². The molecule has 2 fully saturated rings. The topological polar surface area (TPSA) is 37.7 Å². The van der Waals surface area contributed by atoms with Crippen LogP contribution in [0.4, 0.5) is 0 Å². The van der Waals surface area contributed by atoms with Gasteiger partial charge in [0.25, 0.3) is 0 Å². The van der Waals surface area contributed by atoms with Crippen LogP contribution >= 0.6 is 0 Å². The standard InChI is InChI=1S/C21H35N3O2/c1-18(22-11-5-6-12-22)21(25)24(15-8-16-26-2)17-19-9-7-14-23-13-4-3-10-20(19)23/h5-6,11-12,18-20H,3-4,7-10,13-17H2,1-2H3. The normalized spacial score (nSPS) is 24.8. The average Bonchev–Trinajstić information content (AvgIpc) is 3.21. The molecule has 1 aromatic rings. The van der Waals surface area contributed by atoms with Gasteiger partial charge >= 0.3 is 0 Å². The third kappa shape index (κ3) is 4.68. The predicted octanol–water partition coefficient (Wildman–Crippen LogP) is 3.18. The van der Waals surface area contributed by atoms with Crippen molar-refractivity contribution in [3.63, 3.8) is 0 Å². The van der Waals surface area contributed by atoms with E-state index in [1.165, 1.54) is 45.2 Å². The molecular formula is C21H35N3O2. The number of aromatic nitrogens is 1. The molecule has 3 unspecified atom stereocenters. The summed E-state index contributed by atoms with van der Waals surface area (Å²) >= 11 is 0. The van der Waals surface area contributed by atoms with Crippen LogP contribution in [0.3, 0.4) is 0 Å². The summed E-state index contributed by atoms with van der Waals surface area (Å²) in [4.78, 5) is 18.0. The van der Waals surface area contributed by atoms with E-state index in [0.717, 1.165) is 19.5 Å². The van der Waals surface area contributed by atoms with Crippen molar-refractivity contribution in [1.29, 1.82) is 0 Å². The van der Waals surface area contributed by atoms with Gasteiger partial charge in [-0.25, -0.2) is 0 Å². The molecule has 3 atom stereocenters. The van der Waals surface area contributed by atoms with E-state index in [1.54, 1.807) is 7.11 Å². The second kappa shape index (κ2) is 9.56. The highest BCUT2D eigenvalue weighted by molar-refractivity contribution is 5.80. The molecule has 0 saturated carbocycles. The number of nitrogens with zero attached hydrogens (tertiary/aromatic N) is 3. The number of fused-ring (bicyclic) bond motifs is 1. The third-order valence-electron chi connectivity index (χ3n) is 6.20. The summed E-state index contributed by atoms with van der Waals surface area (Å²) in [6, 6.07) is 4.51. The van der Waals surface area contributed by atoms with E-state index >= 15 is 0 Å². The fraction of sp³-hybridized carbons (Fsp3) is 0.762. The van der Waals surface area contributed by atoms with Crippen molar-refractivity contribution in [1.82, 2.24) is 14.4 Å². The molecule has 26 heavy (non-hydrogen) atoms. The number of carbonyl (C=O) groups excluding carboxylic acids is 1. The predicted molar refractivity (Wildman–Crippen MR) is 104 cm³/mol. The zero-order valence-electron chi connectivity index (χ0n) is 16.5. The molecule has 5 heteroatoms. The van der Waals surface area contributed by atoms with E-state index in [2.05, 4.69) is 9.80 Å². The molecule has 1 amide bonds. The number of hydrogen-bond donors (Lipinski definition) is 0. The van der Waals surface area contributed by atoms with Crippen molar-refractivity contribution in [3.05, 3.63) is 24.5 Å². The zero-order valence-corrected chi connectivity index (χ0v) is 16.5. The fourth-order valence-corrected chi connectivity index (χ4v) is 4.76. The van der Waals surface area contributed by atoms with Crippen LogP contribution in [0.5, 0.6) is 0 Å². The molecule has 3 heterocycles. The molecule has 2 aliphatic heterocycles. The lowest BCUT2D eigenvalue weighted by Gasteiger charge is -2.46. The number of amides is 1. The van der Waals surface area contributed by atoms with Gasteiger partial charge in [-0.05, 0) is 70.2 Å². The zero-order chi connectivity index (χ0) is 18.4. The van der Waals surface area contributed by atoms with Crippen molar-refractivity contribution in [2.24, 2.45) is 5.92 Å². The van der Waals surface area contributed by atoms with Gasteiger partial charge in [-0.15, -0.1) is 0 Å². The maximum atomic E-state index is 13.2. The molecule has 0 bridgehead atoms. The molecule has 0 aromatic carbocycles. The van der Waals surface area contributed by atoms with Gasteiger partial charge < -0.3 is 19.1 Å². The van der Waals surface area contributed by atoms with Crippen molar-refractivity contribution in [3.8, 4) is 0 Å². The molecule has 0 N–H and O–H groups in total. The smallest absolute Gasteiger partial charge is 0.245 e. The molecule has 5 nitrogen and oxygen atoms in total. The first kappa shape index (κ1) is 19.4. The highest BCUT2D eigenvalue weighted by atomic mass is 16.5. The number of hydrogen-bond acceptors (Lipinski definition) is 3. The molecule has 146 valence electrons. The Morgan fingerprint density at radius 3 is 2.73 bits per heavy atom. The van der Waals surface area contributed by atoms with Crippen LogP contribution < -0.4 is 0 Å². The van der Waals surface area contributed by atoms with E-state index in [4.69, 9.17) is 4.74 Å². The minimum atomic E-state index is -0.140. The van der Waals surface area contributed by atoms with E-state index in [-0.39, 0.29) is 11.9 Å². The van der Waals surface area contributed by atoms with E-state index in [9.17, 15) is 4.79 Å². The molecule has 2 saturated heterocycles. The minimum Gasteiger partial charge on any atom is -0.385 e. The van der Waals surface area contributed by atoms with Gasteiger partial charge in [0.05, 0.1) is 0 Å². The van der Waals surface area contributed by atoms with Crippen LogP contribution in [0.2, 0.25) is 0 Å². The molecule has 0 aliphatic carbocycles. The van der Waals surface area contributed by atoms with Gasteiger partial charge in [0.15, 0.2) is 0 Å². The van der Waals surface area contributed by atoms with E-state index < -0.39 is 0 Å². The van der Waals surface area contributed by atoms with Gasteiger partial charge in [0, 0.05) is 45.2 Å². The van der Waals surface area contributed by atoms with Crippen molar-refractivity contribution < 1.29 is 9.53 Å². The first-order chi connectivity index (χ1) is 12.7. The highest BCUT2D eigenvalue weighted by Gasteiger charge is 2.35. The lowest BCUT2D eigenvalue weighted by molar-refractivity contribution is -0.136. The molecule has 0 radical (unpaired) electrons. The fourth-order valence-electron chi connectivity index (χ4n) is 4.76. The maximum Gasteiger partial charge on any atom is 0.245 e. The monoisotopic (exact) mass is 361 g/mol. The lowest BCUT2D eigenvalue weighted by atomic mass is 9.83. The molecule has 3 rings (SSSR count). The third-order valence-corrected chi connectivity index (χ3v) is 6.20. The summed E-state index contributed by atoms with van der Waals surface area (Å²) in [6.07, 6.45) is 11.4. The Bertz CT molecular complexity index is 543. The van der Waals surface area contributed by atoms with Crippen molar-refractivity contribution in [2.75, 3.05) is 39.9 Å². The minimum absolute atomic E-state index is 0.140. The Morgan fingerprint density at radius 1 is 1.19 bits per heavy atom. The number of ether oxygens (including phenoxy) is 1. The van der Waals surface area contributed by atoms with Crippen LogP contribution in [0, 0.1) is 5.92 Å². The lowest BCUT2D eigenvalue weighted by Crippen LogP contribution is -2.52. The Hall–Kier alpha value is -1.33. The summed E-state index contributed by atoms with van der Waals surface area (Å²) in [5, 5.41) is 0. The summed E-state index contributed by atoms with van der Waals surface area (Å²) in [6.45, 7) is 6.91. The first-order valence-corrected chi connectivity index (χ1v) is 10.3. The van der Waals surface area contributed by atoms with E-state index in [1.807, 2.05) is 36.0 Å².